The van der Waals surface area contributed by atoms with Gasteiger partial charge in [-0.15, -0.1) is 11.3 Å². The summed E-state index contributed by atoms with van der Waals surface area (Å²) in [5.74, 6) is 0.627. The highest BCUT2D eigenvalue weighted by Gasteiger charge is 2.24. The smallest absolute Gasteiger partial charge is 0.262 e. The van der Waals surface area contributed by atoms with E-state index < -0.39 is 6.04 Å². The van der Waals surface area contributed by atoms with Crippen molar-refractivity contribution in [2.24, 2.45) is 0 Å². The number of anilines is 1. The minimum Gasteiger partial charge on any atom is -0.454 e. The Balaban J connectivity index is 1.39. The Morgan fingerprint density at radius 1 is 1.06 bits per heavy atom. The number of aromatic amines is 1. The van der Waals surface area contributed by atoms with Gasteiger partial charge in [0.2, 0.25) is 12.7 Å². The molecule has 156 valence electrons. The quantitative estimate of drug-likeness (QED) is 0.430. The predicted octanol–water partition coefficient (Wildman–Crippen LogP) is 3.94. The fourth-order valence-corrected chi connectivity index (χ4v) is 4.20. The fourth-order valence-electron chi connectivity index (χ4n) is 3.57. The van der Waals surface area contributed by atoms with Gasteiger partial charge in [-0.25, -0.2) is 0 Å². The second kappa shape index (κ2) is 8.16. The number of ether oxygens (including phenoxy) is 2. The number of rotatable bonds is 6. The van der Waals surface area contributed by atoms with Crippen molar-refractivity contribution in [3.8, 4) is 11.5 Å². The van der Waals surface area contributed by atoms with Crippen molar-refractivity contribution in [2.45, 2.75) is 12.5 Å². The van der Waals surface area contributed by atoms with Gasteiger partial charge in [0, 0.05) is 35.3 Å². The molecule has 1 aliphatic rings. The van der Waals surface area contributed by atoms with Gasteiger partial charge in [0.1, 0.15) is 6.04 Å². The summed E-state index contributed by atoms with van der Waals surface area (Å²) in [6, 6.07) is 15.9. The van der Waals surface area contributed by atoms with Crippen LogP contribution in [0.3, 0.4) is 0 Å². The van der Waals surface area contributed by atoms with Crippen LogP contribution >= 0.6 is 11.3 Å². The molecule has 0 saturated carbocycles. The van der Waals surface area contributed by atoms with E-state index in [-0.39, 0.29) is 18.6 Å². The van der Waals surface area contributed by atoms with Crippen LogP contribution in [-0.2, 0) is 11.2 Å². The maximum absolute atomic E-state index is 13.2. The normalized spacial score (nSPS) is 13.2. The minimum atomic E-state index is -0.765. The Morgan fingerprint density at radius 3 is 2.81 bits per heavy atom. The number of para-hydroxylation sites is 1. The van der Waals surface area contributed by atoms with Gasteiger partial charge in [-0.05, 0) is 35.2 Å². The lowest BCUT2D eigenvalue weighted by molar-refractivity contribution is -0.118. The first-order chi connectivity index (χ1) is 15.2. The molecule has 7 nitrogen and oxygen atoms in total. The first-order valence-corrected chi connectivity index (χ1v) is 10.7. The van der Waals surface area contributed by atoms with E-state index in [4.69, 9.17) is 9.47 Å². The van der Waals surface area contributed by atoms with E-state index >= 15 is 0 Å². The van der Waals surface area contributed by atoms with Crippen LogP contribution in [0.25, 0.3) is 10.9 Å². The highest BCUT2D eigenvalue weighted by Crippen LogP contribution is 2.34. The number of carbonyl (C=O) groups is 2. The first-order valence-electron chi connectivity index (χ1n) is 9.77. The fraction of sp³-hybridized carbons (Fsp3) is 0.130. The number of thiophene rings is 1. The summed E-state index contributed by atoms with van der Waals surface area (Å²) in [5.41, 5.74) is 2.51. The third kappa shape index (κ3) is 3.97. The number of hydrogen-bond acceptors (Lipinski definition) is 5. The standard InChI is InChI=1S/C23H19N3O4S/c27-22(25-15-7-8-19-20(11-15)30-13-29-19)18(26-23(28)21-6-3-9-31-21)10-14-12-24-17-5-2-1-4-16(14)17/h1-9,11-12,18,24H,10,13H2,(H,25,27)(H,26,28). The van der Waals surface area contributed by atoms with Gasteiger partial charge >= 0.3 is 0 Å². The van der Waals surface area contributed by atoms with Crippen molar-refractivity contribution in [2.75, 3.05) is 12.1 Å². The van der Waals surface area contributed by atoms with Gasteiger partial charge in [0.25, 0.3) is 5.91 Å². The molecule has 0 bridgehead atoms. The molecule has 1 unspecified atom stereocenters. The number of hydrogen-bond donors (Lipinski definition) is 3. The third-order valence-corrected chi connectivity index (χ3v) is 5.97. The van der Waals surface area contributed by atoms with Gasteiger partial charge < -0.3 is 25.1 Å². The molecule has 3 heterocycles. The molecule has 8 heteroatoms. The molecule has 3 N–H and O–H groups in total. The van der Waals surface area contributed by atoms with Crippen LogP contribution in [0.5, 0.6) is 11.5 Å². The summed E-state index contributed by atoms with van der Waals surface area (Å²) >= 11 is 1.33. The topological polar surface area (TPSA) is 92.5 Å². The van der Waals surface area contributed by atoms with Gasteiger partial charge in [0.05, 0.1) is 4.88 Å². The molecule has 2 amide bonds. The van der Waals surface area contributed by atoms with Crippen molar-refractivity contribution < 1.29 is 19.1 Å². The van der Waals surface area contributed by atoms with Crippen molar-refractivity contribution in [1.82, 2.24) is 10.3 Å². The molecule has 1 aliphatic heterocycles. The molecule has 0 fully saturated rings. The van der Waals surface area contributed by atoms with Gasteiger partial charge in [-0.3, -0.25) is 9.59 Å². The van der Waals surface area contributed by atoms with Crippen molar-refractivity contribution in [3.63, 3.8) is 0 Å². The Morgan fingerprint density at radius 2 is 1.94 bits per heavy atom. The summed E-state index contributed by atoms with van der Waals surface area (Å²) in [6.45, 7) is 0.160. The Hall–Kier alpha value is -3.78. The maximum atomic E-state index is 13.2. The molecule has 0 spiro atoms. The van der Waals surface area contributed by atoms with Gasteiger partial charge in [-0.2, -0.15) is 0 Å². The van der Waals surface area contributed by atoms with Crippen LogP contribution in [0.15, 0.2) is 66.2 Å². The highest BCUT2D eigenvalue weighted by atomic mass is 32.1. The van der Waals surface area contributed by atoms with Crippen LogP contribution in [-0.4, -0.2) is 29.6 Å². The van der Waals surface area contributed by atoms with E-state index in [1.54, 1.807) is 30.3 Å². The van der Waals surface area contributed by atoms with Crippen LogP contribution in [0.4, 0.5) is 5.69 Å². The largest absolute Gasteiger partial charge is 0.454 e. The van der Waals surface area contributed by atoms with E-state index in [0.717, 1.165) is 16.5 Å². The second-order valence-electron chi connectivity index (χ2n) is 7.12. The van der Waals surface area contributed by atoms with Crippen molar-refractivity contribution in [1.29, 1.82) is 0 Å². The van der Waals surface area contributed by atoms with Crippen LogP contribution < -0.4 is 20.1 Å². The maximum Gasteiger partial charge on any atom is 0.262 e. The average molecular weight is 433 g/mol. The molecule has 31 heavy (non-hydrogen) atoms. The molecule has 2 aromatic heterocycles. The minimum absolute atomic E-state index is 0.160. The molecular formula is C23H19N3O4S. The SMILES string of the molecule is O=C(NC(Cc1c[nH]c2ccccc12)C(=O)Nc1ccc2c(c1)OCO2)c1cccs1. The lowest BCUT2D eigenvalue weighted by Gasteiger charge is -2.18. The Bertz CT molecular complexity index is 1250. The van der Waals surface area contributed by atoms with Crippen LogP contribution in [0.2, 0.25) is 0 Å². The highest BCUT2D eigenvalue weighted by molar-refractivity contribution is 7.12. The number of carbonyl (C=O) groups excluding carboxylic acids is 2. The summed E-state index contributed by atoms with van der Waals surface area (Å²) < 4.78 is 10.7. The molecule has 0 radical (unpaired) electrons. The van der Waals surface area contributed by atoms with Crippen molar-refractivity contribution >= 4 is 39.7 Å². The Kier molecular flexibility index (Phi) is 5.05. The van der Waals surface area contributed by atoms with Gasteiger partial charge in [0.15, 0.2) is 11.5 Å². The average Bonchev–Trinajstić information content (AvgIpc) is 3.54. The number of amides is 2. The molecule has 0 aliphatic carbocycles. The van der Waals surface area contributed by atoms with Crippen LogP contribution in [0.1, 0.15) is 15.2 Å². The molecule has 4 aromatic rings. The van der Waals surface area contributed by atoms with Crippen LogP contribution in [0, 0.1) is 0 Å². The molecular weight excluding hydrogens is 414 g/mol. The predicted molar refractivity (Wildman–Crippen MR) is 119 cm³/mol. The summed E-state index contributed by atoms with van der Waals surface area (Å²) in [6.07, 6.45) is 2.22. The number of nitrogens with one attached hydrogen (secondary N) is 3. The first kappa shape index (κ1) is 19.2. The molecule has 0 saturated heterocycles. The third-order valence-electron chi connectivity index (χ3n) is 5.11. The summed E-state index contributed by atoms with van der Waals surface area (Å²) in [4.78, 5) is 29.6. The van der Waals surface area contributed by atoms with E-state index in [1.807, 2.05) is 35.8 Å². The lowest BCUT2D eigenvalue weighted by atomic mass is 10.0. The molecule has 1 atom stereocenters. The van der Waals surface area contributed by atoms with E-state index in [2.05, 4.69) is 15.6 Å². The number of aromatic nitrogens is 1. The Labute approximate surface area is 182 Å². The molecule has 5 rings (SSSR count). The van der Waals surface area contributed by atoms with E-state index in [0.29, 0.717) is 28.5 Å². The number of H-pyrrole nitrogens is 1. The zero-order chi connectivity index (χ0) is 21.2. The van der Waals surface area contributed by atoms with E-state index in [1.165, 1.54) is 11.3 Å². The van der Waals surface area contributed by atoms with Gasteiger partial charge in [-0.1, -0.05) is 24.3 Å². The second-order valence-corrected chi connectivity index (χ2v) is 8.07. The van der Waals surface area contributed by atoms with E-state index in [9.17, 15) is 9.59 Å². The lowest BCUT2D eigenvalue weighted by Crippen LogP contribution is -2.45. The number of benzene rings is 2. The molecule has 2 aromatic carbocycles. The van der Waals surface area contributed by atoms with Crippen molar-refractivity contribution in [3.05, 3.63) is 76.6 Å². The number of fused-ring (bicyclic) bond motifs is 2. The summed E-state index contributed by atoms with van der Waals surface area (Å²) in [7, 11) is 0. The summed E-state index contributed by atoms with van der Waals surface area (Å²) in [5, 5.41) is 8.62. The zero-order valence-corrected chi connectivity index (χ0v) is 17.2. The zero-order valence-electron chi connectivity index (χ0n) is 16.4. The monoisotopic (exact) mass is 433 g/mol.